The SMILES string of the molecule is Cc1ccccc1CC(=O)N1CCN(C(=O)c2cn3c(C)cccc3n2)CC1. The Hall–Kier alpha value is -3.15. The van der Waals surface area contributed by atoms with Crippen LogP contribution in [0.2, 0.25) is 0 Å². The quantitative estimate of drug-likeness (QED) is 0.706. The van der Waals surface area contributed by atoms with Crippen LogP contribution in [0, 0.1) is 13.8 Å². The molecule has 6 nitrogen and oxygen atoms in total. The van der Waals surface area contributed by atoms with Crippen LogP contribution in [-0.2, 0) is 11.2 Å². The van der Waals surface area contributed by atoms with E-state index in [9.17, 15) is 9.59 Å². The molecule has 3 aromatic rings. The number of fused-ring (bicyclic) bond motifs is 1. The van der Waals surface area contributed by atoms with Gasteiger partial charge in [-0.25, -0.2) is 4.98 Å². The third-order valence-electron chi connectivity index (χ3n) is 5.44. The van der Waals surface area contributed by atoms with Gasteiger partial charge in [-0.2, -0.15) is 0 Å². The molecule has 2 aromatic heterocycles. The van der Waals surface area contributed by atoms with Crippen LogP contribution in [0.3, 0.4) is 0 Å². The molecule has 28 heavy (non-hydrogen) atoms. The number of piperazine rings is 1. The van der Waals surface area contributed by atoms with E-state index in [4.69, 9.17) is 0 Å². The molecule has 2 amide bonds. The summed E-state index contributed by atoms with van der Waals surface area (Å²) in [5, 5.41) is 0. The van der Waals surface area contributed by atoms with Gasteiger partial charge >= 0.3 is 0 Å². The first-order valence-corrected chi connectivity index (χ1v) is 9.59. The van der Waals surface area contributed by atoms with Crippen LogP contribution in [0.1, 0.15) is 27.3 Å². The van der Waals surface area contributed by atoms with E-state index < -0.39 is 0 Å². The van der Waals surface area contributed by atoms with E-state index in [2.05, 4.69) is 4.98 Å². The third-order valence-corrected chi connectivity index (χ3v) is 5.44. The summed E-state index contributed by atoms with van der Waals surface area (Å²) < 4.78 is 1.93. The topological polar surface area (TPSA) is 57.9 Å². The highest BCUT2D eigenvalue weighted by Crippen LogP contribution is 2.14. The van der Waals surface area contributed by atoms with Gasteiger partial charge in [-0.1, -0.05) is 30.3 Å². The molecule has 3 heterocycles. The second kappa shape index (κ2) is 7.46. The number of hydrogen-bond donors (Lipinski definition) is 0. The standard InChI is InChI=1S/C22H24N4O2/c1-16-6-3-4-8-18(16)14-21(27)24-10-12-25(13-11-24)22(28)19-15-26-17(2)7-5-9-20(26)23-19/h3-9,15H,10-14H2,1-2H3. The van der Waals surface area contributed by atoms with Crippen molar-refractivity contribution in [1.29, 1.82) is 0 Å². The summed E-state index contributed by atoms with van der Waals surface area (Å²) in [5.74, 6) is 0.0406. The molecule has 1 aliphatic heterocycles. The number of hydrogen-bond acceptors (Lipinski definition) is 3. The van der Waals surface area contributed by atoms with Crippen molar-refractivity contribution >= 4 is 17.5 Å². The molecule has 0 N–H and O–H groups in total. The van der Waals surface area contributed by atoms with Crippen molar-refractivity contribution < 1.29 is 9.59 Å². The maximum Gasteiger partial charge on any atom is 0.274 e. The second-order valence-electron chi connectivity index (χ2n) is 7.30. The Morgan fingerprint density at radius 3 is 2.36 bits per heavy atom. The molecule has 144 valence electrons. The molecule has 4 rings (SSSR count). The van der Waals surface area contributed by atoms with Gasteiger partial charge in [-0.3, -0.25) is 9.59 Å². The molecule has 1 aromatic carbocycles. The van der Waals surface area contributed by atoms with Crippen molar-refractivity contribution in [2.75, 3.05) is 26.2 Å². The third kappa shape index (κ3) is 3.50. The summed E-state index contributed by atoms with van der Waals surface area (Å²) in [6, 6.07) is 13.8. The van der Waals surface area contributed by atoms with Gasteiger partial charge < -0.3 is 14.2 Å². The molecule has 0 aliphatic carbocycles. The summed E-state index contributed by atoms with van der Waals surface area (Å²) in [6.45, 7) is 6.19. The van der Waals surface area contributed by atoms with Gasteiger partial charge in [0.2, 0.25) is 5.91 Å². The predicted molar refractivity (Wildman–Crippen MR) is 107 cm³/mol. The van der Waals surface area contributed by atoms with Crippen molar-refractivity contribution in [2.45, 2.75) is 20.3 Å². The molecule has 0 spiro atoms. The van der Waals surface area contributed by atoms with Crippen molar-refractivity contribution in [1.82, 2.24) is 19.2 Å². The van der Waals surface area contributed by atoms with Gasteiger partial charge in [0.1, 0.15) is 11.3 Å². The van der Waals surface area contributed by atoms with Gasteiger partial charge in [-0.05, 0) is 37.1 Å². The van der Waals surface area contributed by atoms with Gasteiger partial charge in [-0.15, -0.1) is 0 Å². The number of aromatic nitrogens is 2. The zero-order valence-electron chi connectivity index (χ0n) is 16.3. The Labute approximate surface area is 164 Å². The fourth-order valence-corrected chi connectivity index (χ4v) is 3.66. The van der Waals surface area contributed by atoms with Gasteiger partial charge in [0.05, 0.1) is 6.42 Å². The molecule has 1 saturated heterocycles. The Bertz CT molecular complexity index is 1030. The van der Waals surface area contributed by atoms with Crippen LogP contribution in [-0.4, -0.2) is 57.2 Å². The van der Waals surface area contributed by atoms with E-state index in [0.717, 1.165) is 22.5 Å². The van der Waals surface area contributed by atoms with Crippen LogP contribution in [0.25, 0.3) is 5.65 Å². The molecule has 0 bridgehead atoms. The smallest absolute Gasteiger partial charge is 0.274 e. The van der Waals surface area contributed by atoms with Crippen LogP contribution in [0.4, 0.5) is 0 Å². The number of benzene rings is 1. The number of imidazole rings is 1. The van der Waals surface area contributed by atoms with Gasteiger partial charge in [0.15, 0.2) is 0 Å². The maximum absolute atomic E-state index is 12.8. The summed E-state index contributed by atoms with van der Waals surface area (Å²) >= 11 is 0. The highest BCUT2D eigenvalue weighted by atomic mass is 16.2. The van der Waals surface area contributed by atoms with E-state index in [-0.39, 0.29) is 11.8 Å². The zero-order valence-corrected chi connectivity index (χ0v) is 16.3. The molecule has 0 unspecified atom stereocenters. The minimum absolute atomic E-state index is 0.0749. The van der Waals surface area contributed by atoms with Crippen molar-refractivity contribution in [2.24, 2.45) is 0 Å². The van der Waals surface area contributed by atoms with Gasteiger partial charge in [0, 0.05) is 38.1 Å². The highest BCUT2D eigenvalue weighted by molar-refractivity contribution is 5.93. The monoisotopic (exact) mass is 376 g/mol. The molecular formula is C22H24N4O2. The van der Waals surface area contributed by atoms with E-state index in [1.54, 1.807) is 11.1 Å². The fourth-order valence-electron chi connectivity index (χ4n) is 3.66. The molecular weight excluding hydrogens is 352 g/mol. The normalized spacial score (nSPS) is 14.5. The highest BCUT2D eigenvalue weighted by Gasteiger charge is 2.26. The van der Waals surface area contributed by atoms with E-state index >= 15 is 0 Å². The number of nitrogens with zero attached hydrogens (tertiary/aromatic N) is 4. The average molecular weight is 376 g/mol. The molecule has 0 saturated carbocycles. The number of amides is 2. The second-order valence-corrected chi connectivity index (χ2v) is 7.30. The molecule has 0 radical (unpaired) electrons. The summed E-state index contributed by atoms with van der Waals surface area (Å²) in [5.41, 5.74) is 4.46. The molecule has 1 fully saturated rings. The summed E-state index contributed by atoms with van der Waals surface area (Å²) in [4.78, 5) is 33.6. The molecule has 6 heteroatoms. The summed E-state index contributed by atoms with van der Waals surface area (Å²) in [6.07, 6.45) is 2.20. The first kappa shape index (κ1) is 18.2. The minimum Gasteiger partial charge on any atom is -0.339 e. The number of aryl methyl sites for hydroxylation is 2. The molecule has 0 atom stereocenters. The van der Waals surface area contributed by atoms with E-state index in [0.29, 0.717) is 38.3 Å². The molecule has 1 aliphatic rings. The summed E-state index contributed by atoms with van der Waals surface area (Å²) in [7, 11) is 0. The Morgan fingerprint density at radius 1 is 0.929 bits per heavy atom. The van der Waals surface area contributed by atoms with Crippen LogP contribution in [0.5, 0.6) is 0 Å². The van der Waals surface area contributed by atoms with Crippen molar-refractivity contribution in [3.8, 4) is 0 Å². The maximum atomic E-state index is 12.8. The van der Waals surface area contributed by atoms with E-state index in [1.807, 2.05) is 65.6 Å². The lowest BCUT2D eigenvalue weighted by molar-refractivity contribution is -0.131. The number of pyridine rings is 1. The Balaban J connectivity index is 1.39. The van der Waals surface area contributed by atoms with Crippen molar-refractivity contribution in [3.05, 3.63) is 71.2 Å². The Kier molecular flexibility index (Phi) is 4.86. The number of rotatable bonds is 3. The fraction of sp³-hybridized carbons (Fsp3) is 0.318. The van der Waals surface area contributed by atoms with E-state index in [1.165, 1.54) is 0 Å². The average Bonchev–Trinajstić information content (AvgIpc) is 3.15. The van der Waals surface area contributed by atoms with Crippen LogP contribution in [0.15, 0.2) is 48.7 Å². The largest absolute Gasteiger partial charge is 0.339 e. The minimum atomic E-state index is -0.0749. The number of carbonyl (C=O) groups excluding carboxylic acids is 2. The number of carbonyl (C=O) groups is 2. The Morgan fingerprint density at radius 2 is 1.64 bits per heavy atom. The zero-order chi connectivity index (χ0) is 19.7. The first-order valence-electron chi connectivity index (χ1n) is 9.59. The predicted octanol–water partition coefficient (Wildman–Crippen LogP) is 2.48. The lowest BCUT2D eigenvalue weighted by Crippen LogP contribution is -2.51. The van der Waals surface area contributed by atoms with Crippen LogP contribution < -0.4 is 0 Å². The van der Waals surface area contributed by atoms with Gasteiger partial charge in [0.25, 0.3) is 5.91 Å². The van der Waals surface area contributed by atoms with Crippen molar-refractivity contribution in [3.63, 3.8) is 0 Å². The lowest BCUT2D eigenvalue weighted by atomic mass is 10.1. The van der Waals surface area contributed by atoms with Crippen LogP contribution >= 0.6 is 0 Å². The first-order chi connectivity index (χ1) is 13.5. The lowest BCUT2D eigenvalue weighted by Gasteiger charge is -2.34.